The van der Waals surface area contributed by atoms with E-state index in [1.165, 1.54) is 12.1 Å². The van der Waals surface area contributed by atoms with Crippen molar-refractivity contribution in [1.29, 1.82) is 0 Å². The summed E-state index contributed by atoms with van der Waals surface area (Å²) in [7, 11) is 0. The van der Waals surface area contributed by atoms with Gasteiger partial charge in [0, 0.05) is 13.1 Å². The van der Waals surface area contributed by atoms with Gasteiger partial charge in [-0.1, -0.05) is 32.1 Å². The molecule has 25 heavy (non-hydrogen) atoms. The van der Waals surface area contributed by atoms with Crippen LogP contribution in [0.4, 0.5) is 4.39 Å². The lowest BCUT2D eigenvalue weighted by atomic mass is 9.90. The van der Waals surface area contributed by atoms with Gasteiger partial charge in [0.25, 0.3) is 0 Å². The summed E-state index contributed by atoms with van der Waals surface area (Å²) >= 11 is 0. The molecule has 0 saturated carbocycles. The molecule has 1 aromatic rings. The van der Waals surface area contributed by atoms with Crippen LogP contribution in [-0.4, -0.2) is 46.2 Å². The Bertz CT molecular complexity index is 654. The molecule has 1 aromatic carbocycles. The predicted octanol–water partition coefficient (Wildman–Crippen LogP) is 2.55. The van der Waals surface area contributed by atoms with Gasteiger partial charge in [-0.15, -0.1) is 0 Å². The van der Waals surface area contributed by atoms with E-state index >= 15 is 0 Å². The highest BCUT2D eigenvalue weighted by molar-refractivity contribution is 5.86. The quantitative estimate of drug-likeness (QED) is 0.827. The number of carboxylic acids is 1. The topological polar surface area (TPSA) is 77.8 Å². The number of aliphatic hydroxyl groups is 1. The third-order valence-electron chi connectivity index (χ3n) is 4.41. The minimum Gasteiger partial charge on any atom is -0.479 e. The Morgan fingerprint density at radius 1 is 1.24 bits per heavy atom. The zero-order valence-corrected chi connectivity index (χ0v) is 14.5. The van der Waals surface area contributed by atoms with E-state index in [-0.39, 0.29) is 17.6 Å². The van der Waals surface area contributed by atoms with Crippen LogP contribution in [0.2, 0.25) is 0 Å². The zero-order valence-electron chi connectivity index (χ0n) is 14.5. The minimum absolute atomic E-state index is 0.0954. The van der Waals surface area contributed by atoms with Crippen LogP contribution in [0, 0.1) is 17.7 Å². The number of amides is 1. The van der Waals surface area contributed by atoms with Gasteiger partial charge in [0.2, 0.25) is 5.91 Å². The molecule has 0 aliphatic carbocycles. The fourth-order valence-corrected chi connectivity index (χ4v) is 3.07. The highest BCUT2D eigenvalue weighted by Crippen LogP contribution is 2.25. The second-order valence-corrected chi connectivity index (χ2v) is 6.79. The van der Waals surface area contributed by atoms with Gasteiger partial charge in [-0.2, -0.15) is 0 Å². The Labute approximate surface area is 146 Å². The van der Waals surface area contributed by atoms with Gasteiger partial charge in [-0.3, -0.25) is 4.79 Å². The van der Waals surface area contributed by atoms with Crippen molar-refractivity contribution in [2.45, 2.75) is 32.8 Å². The van der Waals surface area contributed by atoms with Gasteiger partial charge in [0.1, 0.15) is 5.82 Å². The molecule has 0 radical (unpaired) electrons. The molecule has 0 spiro atoms. The van der Waals surface area contributed by atoms with Gasteiger partial charge >= 0.3 is 5.97 Å². The first-order chi connectivity index (χ1) is 11.8. The number of hydrogen-bond donors (Lipinski definition) is 2. The summed E-state index contributed by atoms with van der Waals surface area (Å²) in [5.74, 6) is -2.86. The van der Waals surface area contributed by atoms with Crippen LogP contribution in [0.25, 0.3) is 5.57 Å². The molecule has 2 rings (SSSR count). The van der Waals surface area contributed by atoms with E-state index in [1.807, 2.05) is 19.9 Å². The van der Waals surface area contributed by atoms with Crippen LogP contribution in [0.15, 0.2) is 30.3 Å². The second-order valence-electron chi connectivity index (χ2n) is 6.79. The molecule has 2 N–H and O–H groups in total. The fraction of sp³-hybridized carbons (Fsp3) is 0.474. The first-order valence-electron chi connectivity index (χ1n) is 8.44. The summed E-state index contributed by atoms with van der Waals surface area (Å²) in [4.78, 5) is 25.4. The molecule has 136 valence electrons. The van der Waals surface area contributed by atoms with Gasteiger partial charge in [-0.25, -0.2) is 9.18 Å². The monoisotopic (exact) mass is 349 g/mol. The van der Waals surface area contributed by atoms with Crippen molar-refractivity contribution in [2.24, 2.45) is 11.8 Å². The van der Waals surface area contributed by atoms with Crippen LogP contribution in [0.3, 0.4) is 0 Å². The molecule has 0 unspecified atom stereocenters. The number of carboxylic acid groups (broad SMARTS) is 1. The van der Waals surface area contributed by atoms with E-state index in [9.17, 15) is 19.1 Å². The van der Waals surface area contributed by atoms with Crippen LogP contribution in [0.5, 0.6) is 0 Å². The molecular weight excluding hydrogens is 325 g/mol. The molecule has 6 heteroatoms. The Kier molecular flexibility index (Phi) is 6.31. The zero-order chi connectivity index (χ0) is 18.6. The summed E-state index contributed by atoms with van der Waals surface area (Å²) in [6.45, 7) is 4.57. The SMILES string of the molecule is CC(C)C[C@H](C(=O)N1CC=C(c2ccc(F)cc2)CC1)[C@H](O)C(=O)O. The standard InChI is InChI=1S/C19H24FNO4/c1-12(2)11-16(17(22)19(24)25)18(23)21-9-7-14(8-10-21)13-3-5-15(20)6-4-13/h3-7,12,16-17,22H,8-11H2,1-2H3,(H,24,25)/t16-,17-/m0/s1. The van der Waals surface area contributed by atoms with Crippen LogP contribution in [-0.2, 0) is 9.59 Å². The van der Waals surface area contributed by atoms with E-state index in [1.54, 1.807) is 17.0 Å². The van der Waals surface area contributed by atoms with Gasteiger partial charge < -0.3 is 15.1 Å². The molecule has 0 aromatic heterocycles. The molecule has 1 aliphatic heterocycles. The Balaban J connectivity index is 2.09. The van der Waals surface area contributed by atoms with Crippen molar-refractivity contribution in [3.05, 3.63) is 41.7 Å². The lowest BCUT2D eigenvalue weighted by molar-refractivity contribution is -0.157. The molecular formula is C19H24FNO4. The number of benzene rings is 1. The molecule has 1 amide bonds. The average Bonchev–Trinajstić information content (AvgIpc) is 2.59. The van der Waals surface area contributed by atoms with Gasteiger partial charge in [0.15, 0.2) is 6.10 Å². The summed E-state index contributed by atoms with van der Waals surface area (Å²) in [6, 6.07) is 6.20. The van der Waals surface area contributed by atoms with Crippen molar-refractivity contribution >= 4 is 17.4 Å². The highest BCUT2D eigenvalue weighted by atomic mass is 19.1. The third kappa shape index (κ3) is 4.89. The highest BCUT2D eigenvalue weighted by Gasteiger charge is 2.35. The summed E-state index contributed by atoms with van der Waals surface area (Å²) in [6.07, 6.45) is 1.12. The van der Waals surface area contributed by atoms with E-state index in [0.717, 1.165) is 11.1 Å². The smallest absolute Gasteiger partial charge is 0.333 e. The molecule has 1 aliphatic rings. The number of aliphatic hydroxyl groups excluding tert-OH is 1. The van der Waals surface area contributed by atoms with E-state index < -0.39 is 18.0 Å². The van der Waals surface area contributed by atoms with Crippen molar-refractivity contribution < 1.29 is 24.2 Å². The molecule has 0 bridgehead atoms. The number of hydrogen-bond acceptors (Lipinski definition) is 3. The maximum atomic E-state index is 13.0. The first-order valence-corrected chi connectivity index (χ1v) is 8.44. The van der Waals surface area contributed by atoms with Crippen LogP contribution in [0.1, 0.15) is 32.3 Å². The summed E-state index contributed by atoms with van der Waals surface area (Å²) < 4.78 is 13.0. The maximum Gasteiger partial charge on any atom is 0.333 e. The number of halogens is 1. The second kappa shape index (κ2) is 8.25. The number of rotatable bonds is 6. The third-order valence-corrected chi connectivity index (χ3v) is 4.41. The molecule has 0 fully saturated rings. The number of carbonyl (C=O) groups is 2. The minimum atomic E-state index is -1.70. The Hall–Kier alpha value is -2.21. The lowest BCUT2D eigenvalue weighted by Gasteiger charge is -2.31. The fourth-order valence-electron chi connectivity index (χ4n) is 3.07. The van der Waals surface area contributed by atoms with Crippen molar-refractivity contribution in [1.82, 2.24) is 4.90 Å². The van der Waals surface area contributed by atoms with Gasteiger partial charge in [-0.05, 0) is 42.0 Å². The number of carbonyl (C=O) groups excluding carboxylic acids is 1. The van der Waals surface area contributed by atoms with Crippen molar-refractivity contribution in [2.75, 3.05) is 13.1 Å². The normalized spacial score (nSPS) is 17.2. The maximum absolute atomic E-state index is 13.0. The van der Waals surface area contributed by atoms with Gasteiger partial charge in [0.05, 0.1) is 5.92 Å². The van der Waals surface area contributed by atoms with E-state index in [0.29, 0.717) is 25.9 Å². The molecule has 5 nitrogen and oxygen atoms in total. The lowest BCUT2D eigenvalue weighted by Crippen LogP contribution is -2.45. The van der Waals surface area contributed by atoms with Crippen LogP contribution < -0.4 is 0 Å². The van der Waals surface area contributed by atoms with E-state index in [2.05, 4.69) is 0 Å². The van der Waals surface area contributed by atoms with Crippen molar-refractivity contribution in [3.63, 3.8) is 0 Å². The molecule has 0 saturated heterocycles. The van der Waals surface area contributed by atoms with Crippen LogP contribution >= 0.6 is 0 Å². The average molecular weight is 349 g/mol. The predicted molar refractivity (Wildman–Crippen MR) is 92.2 cm³/mol. The Morgan fingerprint density at radius 2 is 1.88 bits per heavy atom. The molecule has 1 heterocycles. The summed E-state index contributed by atoms with van der Waals surface area (Å²) in [5, 5.41) is 19.0. The molecule has 2 atom stereocenters. The Morgan fingerprint density at radius 3 is 2.36 bits per heavy atom. The van der Waals surface area contributed by atoms with E-state index in [4.69, 9.17) is 5.11 Å². The number of aliphatic carboxylic acids is 1. The van der Waals surface area contributed by atoms with Crippen molar-refractivity contribution in [3.8, 4) is 0 Å². The largest absolute Gasteiger partial charge is 0.479 e. The summed E-state index contributed by atoms with van der Waals surface area (Å²) in [5.41, 5.74) is 1.95. The first kappa shape index (κ1) is 19.1. The number of nitrogens with zero attached hydrogens (tertiary/aromatic N) is 1.